The molecule has 0 saturated carbocycles. The molecule has 2 aromatic rings. The van der Waals surface area contributed by atoms with E-state index in [-0.39, 0.29) is 0 Å². The number of benzene rings is 2. The van der Waals surface area contributed by atoms with Gasteiger partial charge in [0.25, 0.3) is 0 Å². The molecule has 0 aliphatic heterocycles. The van der Waals surface area contributed by atoms with Gasteiger partial charge in [-0.25, -0.2) is 0 Å². The summed E-state index contributed by atoms with van der Waals surface area (Å²) in [4.78, 5) is 2.34. The predicted octanol–water partition coefficient (Wildman–Crippen LogP) is 7.42. The van der Waals surface area contributed by atoms with Crippen molar-refractivity contribution in [1.82, 2.24) is 4.90 Å². The van der Waals surface area contributed by atoms with Crippen LogP contribution >= 0.6 is 0 Å². The van der Waals surface area contributed by atoms with Crippen LogP contribution in [0.15, 0.2) is 78.9 Å². The molecular formula is C27H34BF4NO3. The van der Waals surface area contributed by atoms with Crippen molar-refractivity contribution in [3.8, 4) is 11.5 Å². The molecule has 9 heteroatoms. The third-order valence-electron chi connectivity index (χ3n) is 4.89. The van der Waals surface area contributed by atoms with E-state index in [9.17, 15) is 17.3 Å². The van der Waals surface area contributed by atoms with Gasteiger partial charge in [-0.1, -0.05) is 6.08 Å². The number of halogens is 4. The molecule has 4 nitrogen and oxygen atoms in total. The van der Waals surface area contributed by atoms with Gasteiger partial charge in [-0.3, -0.25) is 4.74 Å². The van der Waals surface area contributed by atoms with Gasteiger partial charge in [0.1, 0.15) is 17.1 Å². The Labute approximate surface area is 212 Å². The van der Waals surface area contributed by atoms with Crippen LogP contribution in [0.5, 0.6) is 11.5 Å². The second kappa shape index (κ2) is 16.4. The van der Waals surface area contributed by atoms with E-state index in [0.29, 0.717) is 6.61 Å². The topological polar surface area (TPSA) is 30.9 Å². The van der Waals surface area contributed by atoms with Crippen LogP contribution < -0.4 is 9.47 Å². The van der Waals surface area contributed by atoms with Crippen molar-refractivity contribution in [3.63, 3.8) is 0 Å². The lowest BCUT2D eigenvalue weighted by molar-refractivity contribution is 0.195. The minimum absolute atomic E-state index is 0.610. The third kappa shape index (κ3) is 11.9. The van der Waals surface area contributed by atoms with Crippen LogP contribution in [0.2, 0.25) is 0 Å². The third-order valence-corrected chi connectivity index (χ3v) is 4.89. The summed E-state index contributed by atoms with van der Waals surface area (Å²) in [6.07, 6.45) is 11.0. The maximum absolute atomic E-state index is 9.75. The van der Waals surface area contributed by atoms with E-state index in [2.05, 4.69) is 43.0 Å². The Balaban J connectivity index is 0.00000118. The minimum atomic E-state index is -6.00. The Morgan fingerprint density at radius 1 is 0.806 bits per heavy atom. The zero-order valence-electron chi connectivity index (χ0n) is 21.4. The maximum Gasteiger partial charge on any atom is 0.673 e. The van der Waals surface area contributed by atoms with Crippen molar-refractivity contribution in [2.75, 3.05) is 33.9 Å². The lowest BCUT2D eigenvalue weighted by atomic mass is 10.1. The van der Waals surface area contributed by atoms with Gasteiger partial charge in [0.2, 0.25) is 0 Å². The highest BCUT2D eigenvalue weighted by atomic mass is 19.5. The molecule has 2 aromatic carbocycles. The summed E-state index contributed by atoms with van der Waals surface area (Å²) in [5.74, 6) is 1.69. The Kier molecular flexibility index (Phi) is 14.0. The van der Waals surface area contributed by atoms with Gasteiger partial charge < -0.3 is 31.6 Å². The van der Waals surface area contributed by atoms with Crippen LogP contribution in [0.1, 0.15) is 31.9 Å². The van der Waals surface area contributed by atoms with E-state index >= 15 is 0 Å². The average Bonchev–Trinajstić information content (AvgIpc) is 2.86. The molecule has 0 unspecified atom stereocenters. The maximum atomic E-state index is 9.75. The van der Waals surface area contributed by atoms with Crippen LogP contribution in [-0.4, -0.2) is 46.1 Å². The van der Waals surface area contributed by atoms with E-state index < -0.39 is 7.25 Å². The Bertz CT molecular complexity index is 948. The van der Waals surface area contributed by atoms with Crippen molar-refractivity contribution in [2.24, 2.45) is 0 Å². The standard InChI is InChI=1S/C27H34NO3.BF4/c1-6-28(7-2)26(22-14-18-24(29-4)19-15-22)12-10-9-11-13-27(31-8-3)23-16-20-25(30-5)21-17-23;2-1(3,4)5/h9-21H,6-8H2,1-5H3;/q+1;-1/b10-9+,13-11+,26-12+;. The summed E-state index contributed by atoms with van der Waals surface area (Å²) in [5.41, 5.74) is 3.37. The first-order chi connectivity index (χ1) is 17.2. The molecule has 0 aromatic heterocycles. The first-order valence-corrected chi connectivity index (χ1v) is 11.6. The van der Waals surface area contributed by atoms with Crippen molar-refractivity contribution in [2.45, 2.75) is 20.8 Å². The molecule has 0 bridgehead atoms. The number of nitrogens with zero attached hydrogens (tertiary/aromatic N) is 1. The highest BCUT2D eigenvalue weighted by Gasteiger charge is 2.20. The zero-order chi connectivity index (χ0) is 27.0. The second-order valence-corrected chi connectivity index (χ2v) is 7.22. The molecule has 0 amide bonds. The Hall–Kier alpha value is -3.33. The fourth-order valence-corrected chi connectivity index (χ4v) is 3.20. The monoisotopic (exact) mass is 507 g/mol. The molecule has 0 aliphatic carbocycles. The number of ether oxygens (including phenoxy) is 3. The van der Waals surface area contributed by atoms with Gasteiger partial charge in [0, 0.05) is 49.1 Å². The molecule has 0 fully saturated rings. The van der Waals surface area contributed by atoms with E-state index in [1.165, 1.54) is 5.70 Å². The number of allylic oxidation sites excluding steroid dienone is 4. The highest BCUT2D eigenvalue weighted by molar-refractivity contribution is 6.50. The zero-order valence-corrected chi connectivity index (χ0v) is 21.4. The molecule has 0 saturated heterocycles. The predicted molar refractivity (Wildman–Crippen MR) is 139 cm³/mol. The van der Waals surface area contributed by atoms with Gasteiger partial charge in [0.15, 0.2) is 6.10 Å². The summed E-state index contributed by atoms with van der Waals surface area (Å²) in [6, 6.07) is 16.1. The molecule has 0 heterocycles. The number of rotatable bonds is 12. The van der Waals surface area contributed by atoms with Crippen LogP contribution in [0.25, 0.3) is 5.70 Å². The summed E-state index contributed by atoms with van der Waals surface area (Å²) < 4.78 is 55.3. The first kappa shape index (κ1) is 30.7. The molecule has 0 N–H and O–H groups in total. The first-order valence-electron chi connectivity index (χ1n) is 11.6. The van der Waals surface area contributed by atoms with Gasteiger partial charge >= 0.3 is 7.25 Å². The SMILES string of the molecule is CCO[C+](/C=C/C=C/C=C(\c1ccc(OC)cc1)N(CC)CC)c1ccc(OC)cc1.F[B-](F)(F)F. The van der Waals surface area contributed by atoms with Crippen molar-refractivity contribution in [3.05, 3.63) is 96.1 Å². The van der Waals surface area contributed by atoms with Crippen LogP contribution in [0.4, 0.5) is 17.3 Å². The molecule has 0 radical (unpaired) electrons. The smallest absolute Gasteiger partial charge is 0.497 e. The van der Waals surface area contributed by atoms with Gasteiger partial charge in [-0.2, -0.15) is 0 Å². The van der Waals surface area contributed by atoms with Crippen molar-refractivity contribution >= 4 is 13.0 Å². The minimum Gasteiger partial charge on any atom is -0.497 e. The van der Waals surface area contributed by atoms with E-state index in [0.717, 1.165) is 41.8 Å². The molecule has 2 rings (SSSR count). The fourth-order valence-electron chi connectivity index (χ4n) is 3.20. The van der Waals surface area contributed by atoms with E-state index in [1.54, 1.807) is 14.2 Å². The quantitative estimate of drug-likeness (QED) is 0.130. The van der Waals surface area contributed by atoms with Gasteiger partial charge in [-0.15, -0.1) is 0 Å². The number of hydrogen-bond acceptors (Lipinski definition) is 4. The molecule has 0 atom stereocenters. The second-order valence-electron chi connectivity index (χ2n) is 7.22. The van der Waals surface area contributed by atoms with E-state index in [1.807, 2.05) is 61.5 Å². The van der Waals surface area contributed by atoms with Crippen molar-refractivity contribution < 1.29 is 31.5 Å². The van der Waals surface area contributed by atoms with Crippen LogP contribution in [0.3, 0.4) is 0 Å². The van der Waals surface area contributed by atoms with Gasteiger partial charge in [0.05, 0.1) is 26.9 Å². The number of methoxy groups -OCH3 is 2. The molecule has 36 heavy (non-hydrogen) atoms. The Morgan fingerprint density at radius 2 is 1.31 bits per heavy atom. The summed E-state index contributed by atoms with van der Waals surface area (Å²) >= 11 is 0. The lowest BCUT2D eigenvalue weighted by Crippen LogP contribution is -2.21. The summed E-state index contributed by atoms with van der Waals surface area (Å²) in [7, 11) is -2.65. The molecular weight excluding hydrogens is 473 g/mol. The van der Waals surface area contributed by atoms with Crippen molar-refractivity contribution in [1.29, 1.82) is 0 Å². The number of hydrogen-bond donors (Lipinski definition) is 0. The van der Waals surface area contributed by atoms with Gasteiger partial charge in [-0.05, 0) is 62.8 Å². The largest absolute Gasteiger partial charge is 0.673 e. The molecule has 0 aliphatic rings. The normalized spacial score (nSPS) is 11.9. The van der Waals surface area contributed by atoms with E-state index in [4.69, 9.17) is 14.2 Å². The average molecular weight is 507 g/mol. The molecule has 0 spiro atoms. The lowest BCUT2D eigenvalue weighted by Gasteiger charge is -2.24. The van der Waals surface area contributed by atoms with Crippen LogP contribution in [-0.2, 0) is 4.74 Å². The van der Waals surface area contributed by atoms with Crippen LogP contribution in [0, 0.1) is 6.10 Å². The fraction of sp³-hybridized carbons (Fsp3) is 0.296. The molecule has 196 valence electrons. The Morgan fingerprint density at radius 3 is 1.75 bits per heavy atom. The summed E-state index contributed by atoms with van der Waals surface area (Å²) in [6.45, 7) is 8.82. The highest BCUT2D eigenvalue weighted by Crippen LogP contribution is 2.23. The summed E-state index contributed by atoms with van der Waals surface area (Å²) in [5, 5.41) is 0.